The van der Waals surface area contributed by atoms with Crippen molar-refractivity contribution in [3.63, 3.8) is 0 Å². The number of benzene rings is 2. The topological polar surface area (TPSA) is 43.2 Å². The Balaban J connectivity index is 2.05. The average Bonchev–Trinajstić information content (AvgIpc) is 3.39. The molecule has 0 spiro atoms. The summed E-state index contributed by atoms with van der Waals surface area (Å²) in [6.45, 7) is 0.497. The standard InChI is InChI=1S/C20H14F6N2O2/c21-19(22,23)13-5-1-3-11(15(13)17-27-7-9-29-17)12-4-2-6-14(20(24,25)26)16(12)18-28-8-10-30-18/h1-6H,7-10H2. The van der Waals surface area contributed by atoms with Crippen molar-refractivity contribution < 1.29 is 35.8 Å². The first-order chi connectivity index (χ1) is 14.2. The lowest BCUT2D eigenvalue weighted by Crippen LogP contribution is -2.18. The van der Waals surface area contributed by atoms with E-state index >= 15 is 0 Å². The van der Waals surface area contributed by atoms with Gasteiger partial charge in [0.05, 0.1) is 35.3 Å². The molecule has 0 radical (unpaired) electrons. The minimum Gasteiger partial charge on any atom is -0.475 e. The average molecular weight is 428 g/mol. The van der Waals surface area contributed by atoms with Crippen molar-refractivity contribution in [1.29, 1.82) is 0 Å². The Kier molecular flexibility index (Phi) is 4.95. The van der Waals surface area contributed by atoms with Gasteiger partial charge in [-0.2, -0.15) is 26.3 Å². The second-order valence-electron chi connectivity index (χ2n) is 6.52. The molecule has 0 amide bonds. The van der Waals surface area contributed by atoms with Crippen LogP contribution in [0, 0.1) is 0 Å². The highest BCUT2D eigenvalue weighted by Crippen LogP contribution is 2.42. The SMILES string of the molecule is FC(F)(F)c1cccc(-c2cccc(C(F)(F)F)c2C2=NCCO2)c1C1=NCCO1. The number of aliphatic imine (C=N–C) groups is 2. The summed E-state index contributed by atoms with van der Waals surface area (Å²) in [4.78, 5) is 7.95. The molecule has 2 aromatic rings. The van der Waals surface area contributed by atoms with E-state index in [4.69, 9.17) is 9.47 Å². The van der Waals surface area contributed by atoms with Gasteiger partial charge in [0.25, 0.3) is 0 Å². The molecule has 0 bridgehead atoms. The highest BCUT2D eigenvalue weighted by molar-refractivity contribution is 6.08. The second kappa shape index (κ2) is 7.33. The molecule has 10 heteroatoms. The van der Waals surface area contributed by atoms with Gasteiger partial charge in [0.1, 0.15) is 13.2 Å². The number of hydrogen-bond acceptors (Lipinski definition) is 4. The van der Waals surface area contributed by atoms with Crippen molar-refractivity contribution in [2.24, 2.45) is 9.98 Å². The number of nitrogens with zero attached hydrogens (tertiary/aromatic N) is 2. The van der Waals surface area contributed by atoms with Crippen molar-refractivity contribution in [3.05, 3.63) is 58.7 Å². The summed E-state index contributed by atoms with van der Waals surface area (Å²) in [6.07, 6.45) is -9.52. The van der Waals surface area contributed by atoms with Crippen LogP contribution in [0.2, 0.25) is 0 Å². The van der Waals surface area contributed by atoms with E-state index in [1.165, 1.54) is 12.1 Å². The molecule has 0 saturated carbocycles. The molecule has 0 N–H and O–H groups in total. The Bertz CT molecular complexity index is 957. The number of rotatable bonds is 3. The Morgan fingerprint density at radius 1 is 0.633 bits per heavy atom. The molecule has 30 heavy (non-hydrogen) atoms. The lowest BCUT2D eigenvalue weighted by atomic mass is 9.89. The van der Waals surface area contributed by atoms with Gasteiger partial charge in [-0.15, -0.1) is 0 Å². The maximum absolute atomic E-state index is 13.7. The fourth-order valence-electron chi connectivity index (χ4n) is 3.46. The Morgan fingerprint density at radius 3 is 1.33 bits per heavy atom. The Hall–Kier alpha value is -3.04. The minimum absolute atomic E-state index is 0.0895. The summed E-state index contributed by atoms with van der Waals surface area (Å²) in [5, 5.41) is 0. The van der Waals surface area contributed by atoms with Gasteiger partial charge in [-0.3, -0.25) is 0 Å². The molecule has 158 valence electrons. The third kappa shape index (κ3) is 3.61. The molecule has 0 atom stereocenters. The smallest absolute Gasteiger partial charge is 0.417 e. The van der Waals surface area contributed by atoms with E-state index in [-0.39, 0.29) is 49.2 Å². The first-order valence-electron chi connectivity index (χ1n) is 8.94. The van der Waals surface area contributed by atoms with Crippen LogP contribution in [0.1, 0.15) is 22.3 Å². The van der Waals surface area contributed by atoms with Gasteiger partial charge in [0.2, 0.25) is 11.8 Å². The van der Waals surface area contributed by atoms with E-state index in [1.54, 1.807) is 0 Å². The van der Waals surface area contributed by atoms with Crippen LogP contribution in [0.3, 0.4) is 0 Å². The first-order valence-corrected chi connectivity index (χ1v) is 8.94. The normalized spacial score (nSPS) is 16.7. The van der Waals surface area contributed by atoms with Crippen LogP contribution in [0.4, 0.5) is 26.3 Å². The maximum atomic E-state index is 13.7. The maximum Gasteiger partial charge on any atom is 0.417 e. The molecule has 2 aromatic carbocycles. The predicted octanol–water partition coefficient (Wildman–Crippen LogP) is 4.94. The van der Waals surface area contributed by atoms with Crippen LogP contribution in [0.25, 0.3) is 11.1 Å². The highest BCUT2D eigenvalue weighted by Gasteiger charge is 2.40. The van der Waals surface area contributed by atoms with Crippen LogP contribution in [-0.4, -0.2) is 38.1 Å². The molecule has 0 aliphatic carbocycles. The third-order valence-electron chi connectivity index (χ3n) is 4.63. The second-order valence-corrected chi connectivity index (χ2v) is 6.52. The van der Waals surface area contributed by atoms with Crippen molar-refractivity contribution in [3.8, 4) is 11.1 Å². The van der Waals surface area contributed by atoms with Crippen LogP contribution in [0.5, 0.6) is 0 Å². The Labute approximate surface area is 166 Å². The summed E-state index contributed by atoms with van der Waals surface area (Å²) >= 11 is 0. The van der Waals surface area contributed by atoms with Crippen LogP contribution in [-0.2, 0) is 21.8 Å². The van der Waals surface area contributed by atoms with E-state index in [0.717, 1.165) is 24.3 Å². The molecule has 2 heterocycles. The van der Waals surface area contributed by atoms with Crippen LogP contribution in [0.15, 0.2) is 46.4 Å². The molecule has 2 aliphatic heterocycles. The van der Waals surface area contributed by atoms with Gasteiger partial charge < -0.3 is 9.47 Å². The largest absolute Gasteiger partial charge is 0.475 e. The predicted molar refractivity (Wildman–Crippen MR) is 96.6 cm³/mol. The van der Waals surface area contributed by atoms with Gasteiger partial charge in [-0.1, -0.05) is 24.3 Å². The zero-order chi connectivity index (χ0) is 21.5. The highest BCUT2D eigenvalue weighted by atomic mass is 19.4. The zero-order valence-electron chi connectivity index (χ0n) is 15.3. The summed E-state index contributed by atoms with van der Waals surface area (Å²) in [5.41, 5.74) is -3.07. The lowest BCUT2D eigenvalue weighted by Gasteiger charge is -2.21. The van der Waals surface area contributed by atoms with Gasteiger partial charge in [-0.05, 0) is 23.3 Å². The van der Waals surface area contributed by atoms with Gasteiger partial charge in [-0.25, -0.2) is 9.98 Å². The van der Waals surface area contributed by atoms with Crippen molar-refractivity contribution in [2.45, 2.75) is 12.4 Å². The molecule has 0 saturated heterocycles. The van der Waals surface area contributed by atoms with E-state index in [0.29, 0.717) is 0 Å². The number of ether oxygens (including phenoxy) is 2. The molecule has 0 unspecified atom stereocenters. The number of alkyl halides is 6. The first kappa shape index (κ1) is 20.2. The van der Waals surface area contributed by atoms with Crippen LogP contribution < -0.4 is 0 Å². The molecule has 4 rings (SSSR count). The Morgan fingerprint density at radius 2 is 1.03 bits per heavy atom. The molecule has 4 nitrogen and oxygen atoms in total. The zero-order valence-corrected chi connectivity index (χ0v) is 15.3. The summed E-state index contributed by atoms with van der Waals surface area (Å²) in [5.74, 6) is -0.508. The lowest BCUT2D eigenvalue weighted by molar-refractivity contribution is -0.138. The van der Waals surface area contributed by atoms with Crippen molar-refractivity contribution in [1.82, 2.24) is 0 Å². The third-order valence-corrected chi connectivity index (χ3v) is 4.63. The molecular weight excluding hydrogens is 414 g/mol. The van der Waals surface area contributed by atoms with Crippen molar-refractivity contribution in [2.75, 3.05) is 26.3 Å². The van der Waals surface area contributed by atoms with Gasteiger partial charge in [0.15, 0.2) is 0 Å². The number of hydrogen-bond donors (Lipinski definition) is 0. The molecule has 0 fully saturated rings. The summed E-state index contributed by atoms with van der Waals surface area (Å²) in [6, 6.07) is 6.59. The number of halogens is 6. The molecule has 2 aliphatic rings. The fourth-order valence-corrected chi connectivity index (χ4v) is 3.46. The van der Waals surface area contributed by atoms with Crippen LogP contribution >= 0.6 is 0 Å². The van der Waals surface area contributed by atoms with E-state index in [1.807, 2.05) is 0 Å². The summed E-state index contributed by atoms with van der Waals surface area (Å²) < 4.78 is 92.9. The van der Waals surface area contributed by atoms with E-state index in [2.05, 4.69) is 9.98 Å². The van der Waals surface area contributed by atoms with E-state index < -0.39 is 34.6 Å². The van der Waals surface area contributed by atoms with E-state index in [9.17, 15) is 26.3 Å². The molecular formula is C20H14F6N2O2. The summed E-state index contributed by atoms with van der Waals surface area (Å²) in [7, 11) is 0. The van der Waals surface area contributed by atoms with Gasteiger partial charge >= 0.3 is 12.4 Å². The minimum atomic E-state index is -4.76. The quantitative estimate of drug-likeness (QED) is 0.650. The monoisotopic (exact) mass is 428 g/mol. The molecule has 0 aromatic heterocycles. The van der Waals surface area contributed by atoms with Crippen molar-refractivity contribution >= 4 is 11.8 Å². The van der Waals surface area contributed by atoms with Gasteiger partial charge in [0, 0.05) is 0 Å². The fraction of sp³-hybridized carbons (Fsp3) is 0.300.